The zero-order valence-electron chi connectivity index (χ0n) is 13.8. The second kappa shape index (κ2) is 7.85. The Bertz CT molecular complexity index is 610. The monoisotopic (exact) mass is 298 g/mol. The van der Waals surface area contributed by atoms with Crippen molar-refractivity contribution in [2.75, 3.05) is 18.1 Å². The van der Waals surface area contributed by atoms with Crippen molar-refractivity contribution in [3.05, 3.63) is 59.2 Å². The van der Waals surface area contributed by atoms with E-state index >= 15 is 0 Å². The molecule has 0 aromatic heterocycles. The lowest BCUT2D eigenvalue weighted by molar-refractivity contribution is 0.336. The van der Waals surface area contributed by atoms with Gasteiger partial charge in [0.25, 0.3) is 0 Å². The first kappa shape index (κ1) is 16.4. The number of nitrogens with two attached hydrogens (primary N) is 1. The Morgan fingerprint density at radius 1 is 1.09 bits per heavy atom. The average molecular weight is 298 g/mol. The number of rotatable bonds is 7. The van der Waals surface area contributed by atoms with Crippen LogP contribution in [-0.4, -0.2) is 13.2 Å². The van der Waals surface area contributed by atoms with E-state index in [1.165, 1.54) is 16.8 Å². The van der Waals surface area contributed by atoms with Crippen molar-refractivity contribution in [2.24, 2.45) is 5.73 Å². The summed E-state index contributed by atoms with van der Waals surface area (Å²) in [5.74, 6) is 0.905. The zero-order valence-corrected chi connectivity index (χ0v) is 13.8. The molecule has 0 radical (unpaired) electrons. The molecule has 22 heavy (non-hydrogen) atoms. The molecule has 0 fully saturated rings. The number of hydrogen-bond acceptors (Lipinski definition) is 3. The third-order valence-corrected chi connectivity index (χ3v) is 3.77. The van der Waals surface area contributed by atoms with Crippen LogP contribution in [0.15, 0.2) is 42.5 Å². The minimum atomic E-state index is 0.505. The lowest BCUT2D eigenvalue weighted by Gasteiger charge is -2.24. The predicted molar refractivity (Wildman–Crippen MR) is 93.4 cm³/mol. The molecule has 2 aromatic rings. The van der Waals surface area contributed by atoms with Gasteiger partial charge in [0.1, 0.15) is 5.75 Å². The fourth-order valence-corrected chi connectivity index (χ4v) is 2.59. The van der Waals surface area contributed by atoms with Gasteiger partial charge in [-0.3, -0.25) is 0 Å². The second-order valence-corrected chi connectivity index (χ2v) is 5.43. The molecule has 0 aliphatic heterocycles. The quantitative estimate of drug-likeness (QED) is 0.843. The minimum absolute atomic E-state index is 0.505. The molecule has 2 aromatic carbocycles. The van der Waals surface area contributed by atoms with Crippen LogP contribution in [0.4, 0.5) is 5.69 Å². The average Bonchev–Trinajstić information content (AvgIpc) is 2.53. The Morgan fingerprint density at radius 2 is 1.91 bits per heavy atom. The molecule has 2 rings (SSSR count). The molecule has 0 aliphatic rings. The topological polar surface area (TPSA) is 38.5 Å². The molecular formula is C19H26N2O. The lowest BCUT2D eigenvalue weighted by Crippen LogP contribution is -2.22. The highest BCUT2D eigenvalue weighted by molar-refractivity contribution is 5.49. The maximum Gasteiger partial charge on any atom is 0.124 e. The van der Waals surface area contributed by atoms with E-state index < -0.39 is 0 Å². The van der Waals surface area contributed by atoms with E-state index in [1.54, 1.807) is 0 Å². The number of ether oxygens (including phenoxy) is 1. The third kappa shape index (κ3) is 4.01. The van der Waals surface area contributed by atoms with Crippen LogP contribution in [0.5, 0.6) is 5.75 Å². The van der Waals surface area contributed by atoms with Gasteiger partial charge in [0.15, 0.2) is 0 Å². The Kier molecular flexibility index (Phi) is 5.84. The normalized spacial score (nSPS) is 10.5. The lowest BCUT2D eigenvalue weighted by atomic mass is 10.1. The summed E-state index contributed by atoms with van der Waals surface area (Å²) < 4.78 is 5.71. The highest BCUT2D eigenvalue weighted by Crippen LogP contribution is 2.23. The molecule has 0 aliphatic carbocycles. The third-order valence-electron chi connectivity index (χ3n) is 3.77. The van der Waals surface area contributed by atoms with Crippen molar-refractivity contribution in [3.63, 3.8) is 0 Å². The summed E-state index contributed by atoms with van der Waals surface area (Å²) in [5.41, 5.74) is 10.6. The standard InChI is InChI=1S/C19H26N2O/c1-4-21(18-8-6-7-15(3)11-18)14-16-9-10-17(13-20)19(12-16)22-5-2/h6-12H,4-5,13-14,20H2,1-3H3. The van der Waals surface area contributed by atoms with Crippen molar-refractivity contribution in [1.82, 2.24) is 0 Å². The fraction of sp³-hybridized carbons (Fsp3) is 0.368. The molecule has 0 atom stereocenters. The Morgan fingerprint density at radius 3 is 2.55 bits per heavy atom. The first-order valence-electron chi connectivity index (χ1n) is 7.94. The number of benzene rings is 2. The molecule has 0 amide bonds. The number of nitrogens with zero attached hydrogens (tertiary/aromatic N) is 1. The molecule has 0 saturated carbocycles. The maximum atomic E-state index is 5.78. The first-order chi connectivity index (χ1) is 10.7. The van der Waals surface area contributed by atoms with E-state index in [2.05, 4.69) is 61.2 Å². The van der Waals surface area contributed by atoms with E-state index in [4.69, 9.17) is 10.5 Å². The Labute approximate surface area is 133 Å². The molecule has 0 heterocycles. The van der Waals surface area contributed by atoms with Crippen LogP contribution >= 0.6 is 0 Å². The van der Waals surface area contributed by atoms with E-state index in [-0.39, 0.29) is 0 Å². The smallest absolute Gasteiger partial charge is 0.124 e. The fourth-order valence-electron chi connectivity index (χ4n) is 2.59. The summed E-state index contributed by atoms with van der Waals surface area (Å²) in [6.07, 6.45) is 0. The molecule has 3 nitrogen and oxygen atoms in total. The van der Waals surface area contributed by atoms with Crippen molar-refractivity contribution in [3.8, 4) is 5.75 Å². The van der Waals surface area contributed by atoms with Crippen LogP contribution in [0.2, 0.25) is 0 Å². The van der Waals surface area contributed by atoms with Crippen LogP contribution in [0.1, 0.15) is 30.5 Å². The number of aryl methyl sites for hydroxylation is 1. The summed E-state index contributed by atoms with van der Waals surface area (Å²) in [6, 6.07) is 14.9. The summed E-state index contributed by atoms with van der Waals surface area (Å²) in [4.78, 5) is 2.36. The summed E-state index contributed by atoms with van der Waals surface area (Å²) in [6.45, 7) is 9.30. The maximum absolute atomic E-state index is 5.78. The first-order valence-corrected chi connectivity index (χ1v) is 7.94. The van der Waals surface area contributed by atoms with Gasteiger partial charge in [-0.1, -0.05) is 24.3 Å². The predicted octanol–water partition coefficient (Wildman–Crippen LogP) is 3.88. The summed E-state index contributed by atoms with van der Waals surface area (Å²) >= 11 is 0. The highest BCUT2D eigenvalue weighted by atomic mass is 16.5. The van der Waals surface area contributed by atoms with Gasteiger partial charge in [-0.2, -0.15) is 0 Å². The van der Waals surface area contributed by atoms with Crippen LogP contribution in [0, 0.1) is 6.92 Å². The molecule has 0 unspecified atom stereocenters. The van der Waals surface area contributed by atoms with E-state index in [0.29, 0.717) is 13.2 Å². The van der Waals surface area contributed by atoms with Crippen LogP contribution in [0.25, 0.3) is 0 Å². The van der Waals surface area contributed by atoms with Crippen molar-refractivity contribution >= 4 is 5.69 Å². The zero-order chi connectivity index (χ0) is 15.9. The second-order valence-electron chi connectivity index (χ2n) is 5.43. The number of hydrogen-bond donors (Lipinski definition) is 1. The molecule has 0 saturated heterocycles. The summed E-state index contributed by atoms with van der Waals surface area (Å²) in [7, 11) is 0. The SMILES string of the molecule is CCOc1cc(CN(CC)c2cccc(C)c2)ccc1CN. The molecule has 118 valence electrons. The van der Waals surface area contributed by atoms with Crippen molar-refractivity contribution in [2.45, 2.75) is 33.9 Å². The van der Waals surface area contributed by atoms with E-state index in [1.807, 2.05) is 6.92 Å². The highest BCUT2D eigenvalue weighted by Gasteiger charge is 2.08. The Hall–Kier alpha value is -2.00. The summed E-state index contributed by atoms with van der Waals surface area (Å²) in [5, 5.41) is 0. The Balaban J connectivity index is 2.22. The van der Waals surface area contributed by atoms with Crippen LogP contribution in [0.3, 0.4) is 0 Å². The van der Waals surface area contributed by atoms with Gasteiger partial charge < -0.3 is 15.4 Å². The van der Waals surface area contributed by atoms with Crippen LogP contribution in [-0.2, 0) is 13.1 Å². The van der Waals surface area contributed by atoms with Gasteiger partial charge in [0.2, 0.25) is 0 Å². The minimum Gasteiger partial charge on any atom is -0.494 e. The molecule has 0 bridgehead atoms. The van der Waals surface area contributed by atoms with Crippen molar-refractivity contribution < 1.29 is 4.74 Å². The van der Waals surface area contributed by atoms with E-state index in [0.717, 1.165) is 24.4 Å². The largest absolute Gasteiger partial charge is 0.494 e. The van der Waals surface area contributed by atoms with Crippen LogP contribution < -0.4 is 15.4 Å². The van der Waals surface area contributed by atoms with Crippen molar-refractivity contribution in [1.29, 1.82) is 0 Å². The van der Waals surface area contributed by atoms with Gasteiger partial charge in [-0.05, 0) is 50.1 Å². The molecule has 3 heteroatoms. The molecule has 0 spiro atoms. The number of anilines is 1. The van der Waals surface area contributed by atoms with Gasteiger partial charge in [0.05, 0.1) is 6.61 Å². The molecule has 2 N–H and O–H groups in total. The van der Waals surface area contributed by atoms with Gasteiger partial charge in [-0.15, -0.1) is 0 Å². The van der Waals surface area contributed by atoms with Gasteiger partial charge >= 0.3 is 0 Å². The van der Waals surface area contributed by atoms with Gasteiger partial charge in [0, 0.05) is 30.9 Å². The molecular weight excluding hydrogens is 272 g/mol. The van der Waals surface area contributed by atoms with E-state index in [9.17, 15) is 0 Å². The van der Waals surface area contributed by atoms with Gasteiger partial charge in [-0.25, -0.2) is 0 Å².